The average Bonchev–Trinajstić information content (AvgIpc) is 2.64. The van der Waals surface area contributed by atoms with Gasteiger partial charge >= 0.3 is 5.97 Å². The summed E-state index contributed by atoms with van der Waals surface area (Å²) in [5.74, 6) is 0.236. The zero-order chi connectivity index (χ0) is 18.5. The van der Waals surface area contributed by atoms with Crippen molar-refractivity contribution in [2.75, 3.05) is 27.3 Å². The Morgan fingerprint density at radius 3 is 2.92 bits per heavy atom. The number of nitrogens with zero attached hydrogens (tertiary/aromatic N) is 1. The van der Waals surface area contributed by atoms with E-state index < -0.39 is 5.92 Å². The Morgan fingerprint density at radius 1 is 1.38 bits per heavy atom. The van der Waals surface area contributed by atoms with E-state index in [9.17, 15) is 9.59 Å². The molecule has 140 valence electrons. The van der Waals surface area contributed by atoms with Crippen LogP contribution in [0.4, 0.5) is 0 Å². The molecular weight excluding hydrogens is 330 g/mol. The summed E-state index contributed by atoms with van der Waals surface area (Å²) in [6.07, 6.45) is 2.95. The number of methoxy groups -OCH3 is 1. The van der Waals surface area contributed by atoms with E-state index in [1.54, 1.807) is 14.0 Å². The minimum absolute atomic E-state index is 0.0404. The molecule has 26 heavy (non-hydrogen) atoms. The number of likely N-dealkylation sites (tertiary alicyclic amines) is 1. The molecule has 0 N–H and O–H groups in total. The van der Waals surface area contributed by atoms with Crippen molar-refractivity contribution in [3.63, 3.8) is 0 Å². The fraction of sp³-hybridized carbons (Fsp3) is 0.619. The van der Waals surface area contributed by atoms with Crippen LogP contribution in [0.15, 0.2) is 18.2 Å². The lowest BCUT2D eigenvalue weighted by Gasteiger charge is -2.58. The van der Waals surface area contributed by atoms with Crippen LogP contribution in [0.5, 0.6) is 5.75 Å². The molecular formula is C21H27NO4. The molecule has 0 aromatic heterocycles. The molecule has 5 heteroatoms. The second-order valence-corrected chi connectivity index (χ2v) is 7.97. The van der Waals surface area contributed by atoms with E-state index >= 15 is 0 Å². The van der Waals surface area contributed by atoms with Gasteiger partial charge in [0, 0.05) is 17.9 Å². The number of esters is 1. The minimum atomic E-state index is -0.603. The van der Waals surface area contributed by atoms with Crippen molar-refractivity contribution < 1.29 is 19.1 Å². The first-order valence-corrected chi connectivity index (χ1v) is 9.57. The summed E-state index contributed by atoms with van der Waals surface area (Å²) in [5.41, 5.74) is 2.42. The van der Waals surface area contributed by atoms with Crippen LogP contribution >= 0.6 is 0 Å². The molecule has 1 saturated heterocycles. The Morgan fingerprint density at radius 2 is 2.19 bits per heavy atom. The summed E-state index contributed by atoms with van der Waals surface area (Å²) in [4.78, 5) is 27.7. The molecule has 0 amide bonds. The van der Waals surface area contributed by atoms with Gasteiger partial charge in [-0.1, -0.05) is 6.07 Å². The highest BCUT2D eigenvalue weighted by atomic mass is 16.5. The number of ether oxygens (including phenoxy) is 2. The summed E-state index contributed by atoms with van der Waals surface area (Å²) in [7, 11) is 3.85. The van der Waals surface area contributed by atoms with Gasteiger partial charge in [-0.05, 0) is 69.0 Å². The van der Waals surface area contributed by atoms with Gasteiger partial charge in [0.05, 0.1) is 13.7 Å². The average molecular weight is 357 g/mol. The van der Waals surface area contributed by atoms with Gasteiger partial charge in [-0.15, -0.1) is 0 Å². The van der Waals surface area contributed by atoms with E-state index in [1.165, 1.54) is 11.1 Å². The molecule has 0 radical (unpaired) electrons. The lowest BCUT2D eigenvalue weighted by Crippen LogP contribution is -2.62. The first kappa shape index (κ1) is 17.5. The number of carbonyl (C=O) groups excluding carboxylic acids is 2. The lowest BCUT2D eigenvalue weighted by molar-refractivity contribution is -0.157. The molecule has 1 unspecified atom stereocenters. The maximum atomic E-state index is 13.0. The number of likely N-dealkylation sites (N-methyl/N-ethyl adjacent to an activating group) is 1. The van der Waals surface area contributed by atoms with Crippen LogP contribution in [0, 0.1) is 11.8 Å². The van der Waals surface area contributed by atoms with E-state index in [0.717, 1.165) is 25.1 Å². The monoisotopic (exact) mass is 357 g/mol. The third-order valence-corrected chi connectivity index (χ3v) is 6.87. The normalized spacial score (nSPS) is 33.2. The van der Waals surface area contributed by atoms with Gasteiger partial charge in [0.2, 0.25) is 0 Å². The van der Waals surface area contributed by atoms with E-state index in [2.05, 4.69) is 24.1 Å². The fourth-order valence-corrected chi connectivity index (χ4v) is 5.57. The lowest BCUT2D eigenvalue weighted by atomic mass is 9.50. The SMILES string of the molecule is CCOC(=O)C1C[C@@H]2[C@H]3Cc4ccc(OC)cc4[C@@]2(CCN3C)CC1=O. The molecule has 5 nitrogen and oxygen atoms in total. The number of fused-ring (bicyclic) bond motifs is 1. The van der Waals surface area contributed by atoms with Crippen LogP contribution in [0.25, 0.3) is 0 Å². The van der Waals surface area contributed by atoms with Crippen molar-refractivity contribution >= 4 is 11.8 Å². The molecule has 3 aliphatic rings. The van der Waals surface area contributed by atoms with Crippen LogP contribution in [0.1, 0.15) is 37.3 Å². The molecule has 4 rings (SSSR count). The highest BCUT2D eigenvalue weighted by Gasteiger charge is 2.58. The minimum Gasteiger partial charge on any atom is -0.497 e. The summed E-state index contributed by atoms with van der Waals surface area (Å²) >= 11 is 0. The van der Waals surface area contributed by atoms with Crippen molar-refractivity contribution in [2.24, 2.45) is 11.8 Å². The van der Waals surface area contributed by atoms with Gasteiger partial charge < -0.3 is 14.4 Å². The molecule has 2 aliphatic carbocycles. The summed E-state index contributed by atoms with van der Waals surface area (Å²) in [5, 5.41) is 0. The topological polar surface area (TPSA) is 55.8 Å². The van der Waals surface area contributed by atoms with E-state index in [-0.39, 0.29) is 17.2 Å². The largest absolute Gasteiger partial charge is 0.497 e. The number of hydrogen-bond acceptors (Lipinski definition) is 5. The highest BCUT2D eigenvalue weighted by Crippen LogP contribution is 2.56. The molecule has 1 aromatic rings. The van der Waals surface area contributed by atoms with Crippen LogP contribution in [0.2, 0.25) is 0 Å². The van der Waals surface area contributed by atoms with Gasteiger partial charge in [-0.25, -0.2) is 0 Å². The van der Waals surface area contributed by atoms with Crippen molar-refractivity contribution in [3.8, 4) is 5.75 Å². The Hall–Kier alpha value is -1.88. The van der Waals surface area contributed by atoms with E-state index in [0.29, 0.717) is 31.4 Å². The van der Waals surface area contributed by atoms with Gasteiger partial charge in [-0.2, -0.15) is 0 Å². The first-order valence-electron chi connectivity index (χ1n) is 9.57. The predicted molar refractivity (Wildman–Crippen MR) is 97.3 cm³/mol. The van der Waals surface area contributed by atoms with E-state index in [4.69, 9.17) is 9.47 Å². The smallest absolute Gasteiger partial charge is 0.316 e. The quantitative estimate of drug-likeness (QED) is 0.614. The van der Waals surface area contributed by atoms with Crippen molar-refractivity contribution in [1.29, 1.82) is 0 Å². The molecule has 2 bridgehead atoms. The Kier molecular flexibility index (Phi) is 4.30. The molecule has 0 spiro atoms. The Balaban J connectivity index is 1.78. The molecule has 1 aliphatic heterocycles. The predicted octanol–water partition coefficient (Wildman–Crippen LogP) is 2.35. The maximum Gasteiger partial charge on any atom is 0.316 e. The van der Waals surface area contributed by atoms with Gasteiger partial charge in [0.1, 0.15) is 17.5 Å². The van der Waals surface area contributed by atoms with Crippen LogP contribution < -0.4 is 4.74 Å². The molecule has 4 atom stereocenters. The van der Waals surface area contributed by atoms with Crippen LogP contribution in [0.3, 0.4) is 0 Å². The highest BCUT2D eigenvalue weighted by molar-refractivity contribution is 6.00. The Bertz CT molecular complexity index is 746. The number of rotatable bonds is 3. The number of hydrogen-bond donors (Lipinski definition) is 0. The van der Waals surface area contributed by atoms with Crippen molar-refractivity contribution in [3.05, 3.63) is 29.3 Å². The molecule has 2 fully saturated rings. The summed E-state index contributed by atoms with van der Waals surface area (Å²) < 4.78 is 10.7. The van der Waals surface area contributed by atoms with Gasteiger partial charge in [0.15, 0.2) is 0 Å². The molecule has 1 aromatic carbocycles. The zero-order valence-electron chi connectivity index (χ0n) is 15.8. The summed E-state index contributed by atoms with van der Waals surface area (Å²) in [6.45, 7) is 3.09. The second-order valence-electron chi connectivity index (χ2n) is 7.97. The van der Waals surface area contributed by atoms with E-state index in [1.807, 2.05) is 6.07 Å². The van der Waals surface area contributed by atoms with Gasteiger partial charge in [-0.3, -0.25) is 9.59 Å². The molecule has 1 heterocycles. The number of Topliss-reactive ketones (excluding diaryl/α,β-unsaturated/α-hetero) is 1. The standard InChI is InChI=1S/C21H27NO4/c1-4-26-20(24)15-11-17-18-9-13-5-6-14(25-3)10-16(13)21(17,12-19(15)23)7-8-22(18)2/h5-6,10,15,17-18H,4,7-9,11-12H2,1-3H3/t15?,17-,18-,21-/m1/s1. The number of piperidine rings is 1. The second kappa shape index (κ2) is 6.38. The maximum absolute atomic E-state index is 13.0. The first-order chi connectivity index (χ1) is 12.5. The third-order valence-electron chi connectivity index (χ3n) is 6.87. The number of benzene rings is 1. The van der Waals surface area contributed by atoms with Crippen molar-refractivity contribution in [2.45, 2.75) is 44.1 Å². The molecule has 1 saturated carbocycles. The van der Waals surface area contributed by atoms with Crippen molar-refractivity contribution in [1.82, 2.24) is 4.90 Å². The number of ketones is 1. The third kappa shape index (κ3) is 2.48. The van der Waals surface area contributed by atoms with Crippen LogP contribution in [-0.4, -0.2) is 50.0 Å². The Labute approximate surface area is 154 Å². The summed E-state index contributed by atoms with van der Waals surface area (Å²) in [6, 6.07) is 6.66. The fourth-order valence-electron chi connectivity index (χ4n) is 5.57. The zero-order valence-corrected chi connectivity index (χ0v) is 15.8. The van der Waals surface area contributed by atoms with Crippen LogP contribution in [-0.2, 0) is 26.2 Å². The number of carbonyl (C=O) groups is 2. The van der Waals surface area contributed by atoms with Gasteiger partial charge in [0.25, 0.3) is 0 Å².